The topological polar surface area (TPSA) is 36.1 Å². The summed E-state index contributed by atoms with van der Waals surface area (Å²) in [4.78, 5) is 0. The van der Waals surface area contributed by atoms with E-state index in [1.165, 1.54) is 12.8 Å². The van der Waals surface area contributed by atoms with E-state index in [1.54, 1.807) is 0 Å². The molecule has 1 rings (SSSR count). The second kappa shape index (κ2) is 5.28. The monoisotopic (exact) mass is 213 g/mol. The van der Waals surface area contributed by atoms with Crippen molar-refractivity contribution in [2.75, 3.05) is 13.6 Å². The highest BCUT2D eigenvalue weighted by atomic mass is 15.1. The lowest BCUT2D eigenvalue weighted by molar-refractivity contribution is 0.243. The van der Waals surface area contributed by atoms with Gasteiger partial charge in [0.1, 0.15) is 0 Å². The van der Waals surface area contributed by atoms with Gasteiger partial charge in [-0.2, -0.15) is 0 Å². The summed E-state index contributed by atoms with van der Waals surface area (Å²) in [6.07, 6.45) is 2.46. The largest absolute Gasteiger partial charge is 0.316 e. The summed E-state index contributed by atoms with van der Waals surface area (Å²) in [6.45, 7) is 10.1. The first kappa shape index (κ1) is 12.9. The van der Waals surface area contributed by atoms with Crippen molar-refractivity contribution in [2.45, 2.75) is 64.2 Å². The van der Waals surface area contributed by atoms with Crippen LogP contribution in [0, 0.1) is 0 Å². The Labute approximate surface area is 94.4 Å². The van der Waals surface area contributed by atoms with Gasteiger partial charge in [-0.05, 0) is 54.1 Å². The quantitative estimate of drug-likeness (QED) is 0.657. The van der Waals surface area contributed by atoms with Crippen molar-refractivity contribution in [1.82, 2.24) is 16.0 Å². The van der Waals surface area contributed by atoms with Gasteiger partial charge in [-0.3, -0.25) is 0 Å². The molecule has 3 atom stereocenters. The Morgan fingerprint density at radius 1 is 1.33 bits per heavy atom. The van der Waals surface area contributed by atoms with E-state index in [1.807, 2.05) is 7.05 Å². The van der Waals surface area contributed by atoms with Crippen LogP contribution in [0.5, 0.6) is 0 Å². The molecule has 1 fully saturated rings. The predicted octanol–water partition coefficient (Wildman–Crippen LogP) is 1.10. The average Bonchev–Trinajstić information content (AvgIpc) is 2.14. The highest BCUT2D eigenvalue weighted by Gasteiger charge is 2.26. The van der Waals surface area contributed by atoms with Crippen molar-refractivity contribution in [1.29, 1.82) is 0 Å². The maximum Gasteiger partial charge on any atom is 0.0233 e. The summed E-state index contributed by atoms with van der Waals surface area (Å²) in [5, 5.41) is 10.6. The molecule has 1 aliphatic heterocycles. The molecule has 0 aromatic rings. The Hall–Kier alpha value is -0.120. The Kier molecular flexibility index (Phi) is 4.56. The zero-order chi connectivity index (χ0) is 11.5. The summed E-state index contributed by atoms with van der Waals surface area (Å²) >= 11 is 0. The van der Waals surface area contributed by atoms with E-state index in [4.69, 9.17) is 0 Å². The number of hydrogen-bond acceptors (Lipinski definition) is 3. The lowest BCUT2D eigenvalue weighted by Crippen LogP contribution is -2.56. The highest BCUT2D eigenvalue weighted by Crippen LogP contribution is 2.14. The van der Waals surface area contributed by atoms with Gasteiger partial charge in [-0.15, -0.1) is 0 Å². The van der Waals surface area contributed by atoms with Crippen molar-refractivity contribution in [3.05, 3.63) is 0 Å². The third-order valence-corrected chi connectivity index (χ3v) is 3.13. The van der Waals surface area contributed by atoms with Gasteiger partial charge in [0.2, 0.25) is 0 Å². The maximum atomic E-state index is 3.70. The number of rotatable bonds is 3. The SMILES string of the molecule is CNC(C)C1CC(NC(C)(C)C)CCN1. The van der Waals surface area contributed by atoms with Crippen molar-refractivity contribution < 1.29 is 0 Å². The minimum absolute atomic E-state index is 0.232. The van der Waals surface area contributed by atoms with Crippen LogP contribution in [-0.2, 0) is 0 Å². The van der Waals surface area contributed by atoms with Crippen LogP contribution in [0.4, 0.5) is 0 Å². The van der Waals surface area contributed by atoms with Gasteiger partial charge in [0.25, 0.3) is 0 Å². The molecule has 1 saturated heterocycles. The lowest BCUT2D eigenvalue weighted by Gasteiger charge is -2.37. The number of nitrogens with one attached hydrogen (secondary N) is 3. The van der Waals surface area contributed by atoms with Crippen LogP contribution in [0.25, 0.3) is 0 Å². The summed E-state index contributed by atoms with van der Waals surface area (Å²) in [7, 11) is 2.03. The highest BCUT2D eigenvalue weighted by molar-refractivity contribution is 4.90. The normalized spacial score (nSPS) is 30.2. The van der Waals surface area contributed by atoms with Crippen LogP contribution in [0.1, 0.15) is 40.5 Å². The summed E-state index contributed by atoms with van der Waals surface area (Å²) in [6, 6.07) is 1.81. The Morgan fingerprint density at radius 2 is 2.00 bits per heavy atom. The fourth-order valence-corrected chi connectivity index (χ4v) is 2.28. The lowest BCUT2D eigenvalue weighted by atomic mass is 9.93. The fourth-order valence-electron chi connectivity index (χ4n) is 2.28. The van der Waals surface area contributed by atoms with Crippen LogP contribution in [0.3, 0.4) is 0 Å². The van der Waals surface area contributed by atoms with Crippen LogP contribution < -0.4 is 16.0 Å². The molecule has 3 heteroatoms. The van der Waals surface area contributed by atoms with E-state index in [9.17, 15) is 0 Å². The van der Waals surface area contributed by atoms with Crippen molar-refractivity contribution in [3.8, 4) is 0 Å². The molecule has 0 aromatic carbocycles. The van der Waals surface area contributed by atoms with Crippen molar-refractivity contribution >= 4 is 0 Å². The molecule has 3 N–H and O–H groups in total. The summed E-state index contributed by atoms with van der Waals surface area (Å²) < 4.78 is 0. The number of piperidine rings is 1. The molecule has 15 heavy (non-hydrogen) atoms. The molecule has 1 aliphatic rings. The van der Waals surface area contributed by atoms with Gasteiger partial charge in [0.05, 0.1) is 0 Å². The molecule has 0 amide bonds. The molecule has 0 bridgehead atoms. The predicted molar refractivity (Wildman–Crippen MR) is 66.2 cm³/mol. The number of hydrogen-bond donors (Lipinski definition) is 3. The van der Waals surface area contributed by atoms with Crippen LogP contribution in [0.15, 0.2) is 0 Å². The molecular formula is C12H27N3. The Bertz CT molecular complexity index is 186. The molecule has 90 valence electrons. The second-order valence-electron chi connectivity index (χ2n) is 5.75. The Morgan fingerprint density at radius 3 is 2.53 bits per heavy atom. The zero-order valence-corrected chi connectivity index (χ0v) is 10.9. The van der Waals surface area contributed by atoms with Gasteiger partial charge in [0, 0.05) is 23.7 Å². The zero-order valence-electron chi connectivity index (χ0n) is 10.9. The first-order valence-electron chi connectivity index (χ1n) is 6.11. The fraction of sp³-hybridized carbons (Fsp3) is 1.00. The van der Waals surface area contributed by atoms with E-state index in [-0.39, 0.29) is 5.54 Å². The minimum atomic E-state index is 0.232. The van der Waals surface area contributed by atoms with E-state index in [0.717, 1.165) is 6.54 Å². The van der Waals surface area contributed by atoms with Gasteiger partial charge >= 0.3 is 0 Å². The number of likely N-dealkylation sites (N-methyl/N-ethyl adjacent to an activating group) is 1. The molecule has 1 heterocycles. The molecule has 0 radical (unpaired) electrons. The van der Waals surface area contributed by atoms with E-state index in [0.29, 0.717) is 18.1 Å². The van der Waals surface area contributed by atoms with Gasteiger partial charge in [-0.1, -0.05) is 0 Å². The first-order chi connectivity index (χ1) is 6.92. The third-order valence-electron chi connectivity index (χ3n) is 3.13. The molecule has 0 saturated carbocycles. The molecule has 0 aliphatic carbocycles. The van der Waals surface area contributed by atoms with E-state index in [2.05, 4.69) is 43.6 Å². The average molecular weight is 213 g/mol. The summed E-state index contributed by atoms with van der Waals surface area (Å²) in [5.74, 6) is 0. The maximum absolute atomic E-state index is 3.70. The molecular weight excluding hydrogens is 186 g/mol. The standard InChI is InChI=1S/C12H27N3/c1-9(13-5)11-8-10(6-7-14-11)15-12(2,3)4/h9-11,13-15H,6-8H2,1-5H3. The second-order valence-corrected chi connectivity index (χ2v) is 5.75. The van der Waals surface area contributed by atoms with Crippen LogP contribution >= 0.6 is 0 Å². The first-order valence-corrected chi connectivity index (χ1v) is 6.11. The van der Waals surface area contributed by atoms with Crippen LogP contribution in [-0.4, -0.2) is 37.3 Å². The van der Waals surface area contributed by atoms with Gasteiger partial charge < -0.3 is 16.0 Å². The van der Waals surface area contributed by atoms with Crippen molar-refractivity contribution in [3.63, 3.8) is 0 Å². The van der Waals surface area contributed by atoms with Gasteiger partial charge in [0.15, 0.2) is 0 Å². The van der Waals surface area contributed by atoms with E-state index < -0.39 is 0 Å². The molecule has 3 nitrogen and oxygen atoms in total. The Balaban J connectivity index is 2.42. The summed E-state index contributed by atoms with van der Waals surface area (Å²) in [5.41, 5.74) is 0.232. The van der Waals surface area contributed by atoms with Gasteiger partial charge in [-0.25, -0.2) is 0 Å². The molecule has 0 spiro atoms. The van der Waals surface area contributed by atoms with E-state index >= 15 is 0 Å². The smallest absolute Gasteiger partial charge is 0.0233 e. The molecule has 0 aromatic heterocycles. The van der Waals surface area contributed by atoms with Crippen LogP contribution in [0.2, 0.25) is 0 Å². The van der Waals surface area contributed by atoms with Crippen molar-refractivity contribution in [2.24, 2.45) is 0 Å². The molecule has 3 unspecified atom stereocenters. The minimum Gasteiger partial charge on any atom is -0.316 e. The third kappa shape index (κ3) is 4.49.